The smallest absolute Gasteiger partial charge is 0.266 e. The number of aromatic nitrogens is 1. The molecule has 3 N–H and O–H groups in total. The van der Waals surface area contributed by atoms with E-state index in [2.05, 4.69) is 0 Å². The third kappa shape index (κ3) is 1.73. The van der Waals surface area contributed by atoms with Gasteiger partial charge in [0.05, 0.1) is 5.52 Å². The minimum absolute atomic E-state index is 0.168. The van der Waals surface area contributed by atoms with Gasteiger partial charge in [-0.3, -0.25) is 4.79 Å². The lowest BCUT2D eigenvalue weighted by Crippen LogP contribution is -2.17. The van der Waals surface area contributed by atoms with Crippen LogP contribution in [0.25, 0.3) is 16.6 Å². The van der Waals surface area contributed by atoms with E-state index in [4.69, 9.17) is 5.73 Å². The number of benzene rings is 2. The molecular weight excluding hydrogens is 252 g/mol. The fourth-order valence-corrected chi connectivity index (χ4v) is 2.58. The Bertz CT molecular complexity index is 804. The molecule has 0 bridgehead atoms. The fourth-order valence-electron chi connectivity index (χ4n) is 2.58. The van der Waals surface area contributed by atoms with Crippen LogP contribution in [0.3, 0.4) is 0 Å². The number of para-hydroxylation sites is 1. The Balaban J connectivity index is 2.46. The Morgan fingerprint density at radius 2 is 1.85 bits per heavy atom. The van der Waals surface area contributed by atoms with Gasteiger partial charge in [0.15, 0.2) is 0 Å². The number of carbonyl (C=O) groups is 1. The molecule has 20 heavy (non-hydrogen) atoms. The number of nitrogens with zero attached hydrogens (tertiary/aromatic N) is 1. The second-order valence-electron chi connectivity index (χ2n) is 4.71. The molecule has 3 rings (SSSR count). The lowest BCUT2D eigenvalue weighted by Gasteiger charge is -2.09. The molecular formula is C16H14N2O2. The first-order valence-electron chi connectivity index (χ1n) is 6.29. The van der Waals surface area contributed by atoms with Crippen LogP contribution in [-0.4, -0.2) is 15.6 Å². The third-order valence-electron chi connectivity index (χ3n) is 3.45. The standard InChI is InChI=1S/C16H14N2O2/c1-10-13-9-12(19)7-8-14(13)18(15(10)16(17)20)11-5-3-2-4-6-11/h2-9,19H,1H3,(H2,17,20). The largest absolute Gasteiger partial charge is 0.508 e. The number of rotatable bonds is 2. The molecule has 1 heterocycles. The third-order valence-corrected chi connectivity index (χ3v) is 3.45. The van der Waals surface area contributed by atoms with Gasteiger partial charge in [-0.25, -0.2) is 0 Å². The van der Waals surface area contributed by atoms with E-state index >= 15 is 0 Å². The summed E-state index contributed by atoms with van der Waals surface area (Å²) in [7, 11) is 0. The number of carbonyl (C=O) groups excluding carboxylic acids is 1. The number of amides is 1. The summed E-state index contributed by atoms with van der Waals surface area (Å²) in [4.78, 5) is 11.8. The molecule has 100 valence electrons. The van der Waals surface area contributed by atoms with Crippen LogP contribution in [0.2, 0.25) is 0 Å². The Morgan fingerprint density at radius 3 is 2.50 bits per heavy atom. The van der Waals surface area contributed by atoms with Crippen molar-refractivity contribution in [1.82, 2.24) is 4.57 Å². The van der Waals surface area contributed by atoms with Crippen molar-refractivity contribution in [1.29, 1.82) is 0 Å². The first-order chi connectivity index (χ1) is 9.59. The van der Waals surface area contributed by atoms with Gasteiger partial charge in [-0.2, -0.15) is 0 Å². The van der Waals surface area contributed by atoms with Gasteiger partial charge in [-0.15, -0.1) is 0 Å². The number of hydrogen-bond donors (Lipinski definition) is 2. The molecule has 1 amide bonds. The average molecular weight is 266 g/mol. The summed E-state index contributed by atoms with van der Waals surface area (Å²) in [5.74, 6) is -0.316. The Morgan fingerprint density at radius 1 is 1.15 bits per heavy atom. The molecule has 0 radical (unpaired) electrons. The molecule has 0 spiro atoms. The lowest BCUT2D eigenvalue weighted by molar-refractivity contribution is 0.0993. The second-order valence-corrected chi connectivity index (χ2v) is 4.71. The number of aromatic hydroxyl groups is 1. The van der Waals surface area contributed by atoms with Gasteiger partial charge in [-0.05, 0) is 42.8 Å². The molecule has 2 aromatic carbocycles. The maximum absolute atomic E-state index is 11.8. The van der Waals surface area contributed by atoms with Crippen LogP contribution >= 0.6 is 0 Å². The summed E-state index contributed by atoms with van der Waals surface area (Å²) in [5, 5.41) is 10.5. The monoisotopic (exact) mass is 266 g/mol. The van der Waals surface area contributed by atoms with Crippen molar-refractivity contribution in [3.05, 3.63) is 59.8 Å². The molecule has 0 unspecified atom stereocenters. The zero-order valence-corrected chi connectivity index (χ0v) is 11.0. The van der Waals surface area contributed by atoms with Gasteiger partial charge in [0.25, 0.3) is 5.91 Å². The van der Waals surface area contributed by atoms with Gasteiger partial charge in [0, 0.05) is 11.1 Å². The zero-order valence-electron chi connectivity index (χ0n) is 11.0. The predicted octanol–water partition coefficient (Wildman–Crippen LogP) is 2.74. The molecule has 1 aromatic heterocycles. The zero-order chi connectivity index (χ0) is 14.3. The van der Waals surface area contributed by atoms with Crippen molar-refractivity contribution < 1.29 is 9.90 Å². The molecule has 0 aliphatic carbocycles. The summed E-state index contributed by atoms with van der Waals surface area (Å²) in [6, 6.07) is 14.6. The summed E-state index contributed by atoms with van der Waals surface area (Å²) >= 11 is 0. The molecule has 0 fully saturated rings. The lowest BCUT2D eigenvalue weighted by atomic mass is 10.1. The number of nitrogens with two attached hydrogens (primary N) is 1. The first kappa shape index (κ1) is 12.3. The highest BCUT2D eigenvalue weighted by molar-refractivity contribution is 6.02. The van der Waals surface area contributed by atoms with Crippen molar-refractivity contribution in [3.8, 4) is 11.4 Å². The number of aryl methyl sites for hydroxylation is 1. The van der Waals surface area contributed by atoms with Gasteiger partial charge >= 0.3 is 0 Å². The van der Waals surface area contributed by atoms with Crippen LogP contribution < -0.4 is 5.73 Å². The molecule has 3 aromatic rings. The van der Waals surface area contributed by atoms with E-state index in [0.717, 1.165) is 22.2 Å². The summed E-state index contributed by atoms with van der Waals surface area (Å²) < 4.78 is 1.83. The number of fused-ring (bicyclic) bond motifs is 1. The minimum Gasteiger partial charge on any atom is -0.508 e. The minimum atomic E-state index is -0.484. The van der Waals surface area contributed by atoms with E-state index in [1.807, 2.05) is 41.8 Å². The van der Waals surface area contributed by atoms with Crippen LogP contribution in [0.1, 0.15) is 16.1 Å². The first-order valence-corrected chi connectivity index (χ1v) is 6.29. The quantitative estimate of drug-likeness (QED) is 0.748. The topological polar surface area (TPSA) is 68.2 Å². The summed E-state index contributed by atoms with van der Waals surface area (Å²) in [6.45, 7) is 1.83. The van der Waals surface area contributed by atoms with Gasteiger partial charge in [0.2, 0.25) is 0 Å². The van der Waals surface area contributed by atoms with Crippen LogP contribution in [0.5, 0.6) is 5.75 Å². The van der Waals surface area contributed by atoms with Crippen molar-refractivity contribution in [2.24, 2.45) is 5.73 Å². The van der Waals surface area contributed by atoms with E-state index in [9.17, 15) is 9.90 Å². The van der Waals surface area contributed by atoms with Crippen LogP contribution in [-0.2, 0) is 0 Å². The number of primary amides is 1. The summed E-state index contributed by atoms with van der Waals surface area (Å²) in [6.07, 6.45) is 0. The van der Waals surface area contributed by atoms with Gasteiger partial charge in [-0.1, -0.05) is 18.2 Å². The normalized spacial score (nSPS) is 10.8. The number of phenols is 1. The highest BCUT2D eigenvalue weighted by atomic mass is 16.3. The Labute approximate surface area is 116 Å². The van der Waals surface area contributed by atoms with Crippen molar-refractivity contribution in [3.63, 3.8) is 0 Å². The maximum atomic E-state index is 11.8. The predicted molar refractivity (Wildman–Crippen MR) is 78.2 cm³/mol. The van der Waals surface area contributed by atoms with Crippen molar-refractivity contribution in [2.45, 2.75) is 6.92 Å². The SMILES string of the molecule is Cc1c(C(N)=O)n(-c2ccccc2)c2ccc(O)cc12. The van der Waals surface area contributed by atoms with Crippen LogP contribution in [0.4, 0.5) is 0 Å². The number of phenolic OH excluding ortho intramolecular Hbond substituents is 1. The maximum Gasteiger partial charge on any atom is 0.266 e. The molecule has 0 aliphatic rings. The van der Waals surface area contributed by atoms with E-state index in [-0.39, 0.29) is 5.75 Å². The van der Waals surface area contributed by atoms with E-state index < -0.39 is 5.91 Å². The van der Waals surface area contributed by atoms with E-state index in [1.165, 1.54) is 0 Å². The van der Waals surface area contributed by atoms with Crippen molar-refractivity contribution >= 4 is 16.8 Å². The highest BCUT2D eigenvalue weighted by Gasteiger charge is 2.19. The number of hydrogen-bond acceptors (Lipinski definition) is 2. The Hall–Kier alpha value is -2.75. The molecule has 0 saturated heterocycles. The van der Waals surface area contributed by atoms with Gasteiger partial charge in [0.1, 0.15) is 11.4 Å². The molecule has 4 heteroatoms. The van der Waals surface area contributed by atoms with E-state index in [0.29, 0.717) is 5.69 Å². The van der Waals surface area contributed by atoms with Crippen LogP contribution in [0.15, 0.2) is 48.5 Å². The Kier molecular flexibility index (Phi) is 2.71. The van der Waals surface area contributed by atoms with Gasteiger partial charge < -0.3 is 15.4 Å². The second kappa shape index (κ2) is 4.42. The molecule has 4 nitrogen and oxygen atoms in total. The molecule has 0 atom stereocenters. The van der Waals surface area contributed by atoms with Crippen LogP contribution in [0, 0.1) is 6.92 Å². The molecule has 0 aliphatic heterocycles. The van der Waals surface area contributed by atoms with Crippen molar-refractivity contribution in [2.75, 3.05) is 0 Å². The summed E-state index contributed by atoms with van der Waals surface area (Å²) in [5.41, 5.74) is 8.46. The fraction of sp³-hybridized carbons (Fsp3) is 0.0625. The molecule has 0 saturated carbocycles. The average Bonchev–Trinajstić information content (AvgIpc) is 2.73. The van der Waals surface area contributed by atoms with E-state index in [1.54, 1.807) is 18.2 Å². The highest BCUT2D eigenvalue weighted by Crippen LogP contribution is 2.31.